The predicted molar refractivity (Wildman–Crippen MR) is 145 cm³/mol. The van der Waals surface area contributed by atoms with Crippen LogP contribution >= 0.6 is 30.8 Å². The maximum absolute atomic E-state index is 16.0. The maximum Gasteiger partial charge on any atom is 0.386 e. The fourth-order valence-electron chi connectivity index (χ4n) is 4.81. The number of thioether (sulfide) groups is 1. The Labute approximate surface area is 241 Å². The summed E-state index contributed by atoms with van der Waals surface area (Å²) in [4.78, 5) is 44.5. The summed E-state index contributed by atoms with van der Waals surface area (Å²) in [5, 5.41) is 18.4. The molecule has 8 atom stereocenters. The van der Waals surface area contributed by atoms with Crippen molar-refractivity contribution in [2.75, 3.05) is 25.6 Å². The Hall–Kier alpha value is -2.91. The standard InChI is InChI=1S/C20H22F2N9O8PS2/c21-9-8(1-32)42-18(30-5-26-11-15(30)28-19(23)29-17(11)35)12(9)39-40(36,41)38-2-7-13(33)20(22,3-37-7)31-6-27-10-14(31)24-4-25-16(10)34/h4-9,12-13,18,32-33H,1-3H2,(H,36,41)(H,24,25,34)(H3,23,28,29,35)/t7-,8-,9-,12-,13-,18-,20?,40-/m1/s1. The van der Waals surface area contributed by atoms with Crippen LogP contribution in [0.15, 0.2) is 28.6 Å². The van der Waals surface area contributed by atoms with Crippen LogP contribution in [0.3, 0.4) is 0 Å². The number of anilines is 1. The number of thiol groups is 1. The van der Waals surface area contributed by atoms with E-state index in [9.17, 15) is 24.4 Å². The first kappa shape index (κ1) is 29.2. The topological polar surface area (TPSA) is 238 Å². The second-order valence-corrected chi connectivity index (χ2v) is 13.7. The van der Waals surface area contributed by atoms with Crippen molar-refractivity contribution in [1.29, 1.82) is 0 Å². The quantitative estimate of drug-likeness (QED) is 0.105. The molecule has 0 spiro atoms. The van der Waals surface area contributed by atoms with Crippen LogP contribution in [-0.4, -0.2) is 98.8 Å². The highest BCUT2D eigenvalue weighted by molar-refractivity contribution is 8.44. The van der Waals surface area contributed by atoms with Gasteiger partial charge in [0.05, 0.1) is 31.1 Å². The van der Waals surface area contributed by atoms with E-state index in [1.807, 2.05) is 0 Å². The van der Waals surface area contributed by atoms with E-state index in [-0.39, 0.29) is 28.3 Å². The first-order valence-electron chi connectivity index (χ1n) is 12.1. The molecule has 2 aliphatic heterocycles. The molecular formula is C20H22F2N9O8PS2. The number of imidazole rings is 2. The number of rotatable bonds is 8. The highest BCUT2D eigenvalue weighted by atomic mass is 32.7. The lowest BCUT2D eigenvalue weighted by atomic mass is 10.1. The largest absolute Gasteiger partial charge is 0.395 e. The molecule has 0 bridgehead atoms. The van der Waals surface area contributed by atoms with Gasteiger partial charge in [-0.3, -0.25) is 32.8 Å². The molecule has 22 heteroatoms. The molecule has 0 aliphatic carbocycles. The number of nitrogen functional groups attached to an aromatic ring is 1. The molecule has 0 aromatic carbocycles. The van der Waals surface area contributed by atoms with Crippen LogP contribution in [0.4, 0.5) is 14.7 Å². The average Bonchev–Trinajstić information content (AvgIpc) is 3.70. The van der Waals surface area contributed by atoms with Crippen LogP contribution in [-0.2, 0) is 24.1 Å². The Balaban J connectivity index is 1.19. The third kappa shape index (κ3) is 4.82. The normalized spacial score (nSPS) is 31.3. The maximum atomic E-state index is 16.0. The number of aromatic amines is 2. The smallest absolute Gasteiger partial charge is 0.386 e. The van der Waals surface area contributed by atoms with Crippen molar-refractivity contribution in [3.63, 3.8) is 0 Å². The van der Waals surface area contributed by atoms with E-state index < -0.39 is 78.6 Å². The molecule has 42 heavy (non-hydrogen) atoms. The van der Waals surface area contributed by atoms with Crippen molar-refractivity contribution in [3.05, 3.63) is 39.7 Å². The molecule has 17 nitrogen and oxygen atoms in total. The summed E-state index contributed by atoms with van der Waals surface area (Å²) in [5.41, 5.74) is 3.99. The number of aromatic nitrogens is 8. The highest BCUT2D eigenvalue weighted by Crippen LogP contribution is 2.59. The van der Waals surface area contributed by atoms with Gasteiger partial charge < -0.3 is 25.7 Å². The lowest BCUT2D eigenvalue weighted by molar-refractivity contribution is -0.0455. The zero-order valence-electron chi connectivity index (χ0n) is 21.0. The Morgan fingerprint density at radius 2 is 2.00 bits per heavy atom. The van der Waals surface area contributed by atoms with Gasteiger partial charge in [0.15, 0.2) is 22.3 Å². The molecule has 2 aliphatic rings. The average molecular weight is 650 g/mol. The molecule has 6 N–H and O–H groups in total. The molecule has 226 valence electrons. The molecule has 2 fully saturated rings. The van der Waals surface area contributed by atoms with Crippen molar-refractivity contribution < 1.29 is 37.3 Å². The number of fused-ring (bicyclic) bond motifs is 2. The first-order valence-corrected chi connectivity index (χ1v) is 15.8. The minimum atomic E-state index is -4.44. The third-order valence-electron chi connectivity index (χ3n) is 6.87. The van der Waals surface area contributed by atoms with Gasteiger partial charge in [0.25, 0.3) is 11.1 Å². The minimum absolute atomic E-state index is 0.00618. The molecule has 0 saturated carbocycles. The van der Waals surface area contributed by atoms with Crippen LogP contribution in [0.2, 0.25) is 0 Å². The molecule has 6 rings (SSSR count). The zero-order chi connectivity index (χ0) is 30.0. The molecule has 0 radical (unpaired) electrons. The Morgan fingerprint density at radius 3 is 2.76 bits per heavy atom. The van der Waals surface area contributed by atoms with E-state index in [2.05, 4.69) is 42.2 Å². The van der Waals surface area contributed by atoms with E-state index in [0.29, 0.717) is 0 Å². The summed E-state index contributed by atoms with van der Waals surface area (Å²) in [5.74, 6) is -2.84. The van der Waals surface area contributed by atoms with E-state index in [1.54, 1.807) is 0 Å². The van der Waals surface area contributed by atoms with Gasteiger partial charge in [0.2, 0.25) is 11.7 Å². The van der Waals surface area contributed by atoms with Crippen LogP contribution in [0.5, 0.6) is 0 Å². The van der Waals surface area contributed by atoms with Gasteiger partial charge in [-0.15, -0.1) is 11.8 Å². The molecule has 1 unspecified atom stereocenters. The van der Waals surface area contributed by atoms with E-state index in [1.165, 1.54) is 10.9 Å². The number of ether oxygens (including phenoxy) is 1. The summed E-state index contributed by atoms with van der Waals surface area (Å²) in [6.45, 7) is -6.44. The summed E-state index contributed by atoms with van der Waals surface area (Å²) in [7, 11) is 0. The Morgan fingerprint density at radius 1 is 1.26 bits per heavy atom. The highest BCUT2D eigenvalue weighted by Gasteiger charge is 2.54. The number of halogens is 2. The minimum Gasteiger partial charge on any atom is -0.395 e. The fraction of sp³-hybridized carbons (Fsp3) is 0.500. The van der Waals surface area contributed by atoms with Crippen LogP contribution in [0, 0.1) is 0 Å². The van der Waals surface area contributed by atoms with Crippen LogP contribution < -0.4 is 16.9 Å². The zero-order valence-corrected chi connectivity index (χ0v) is 23.6. The fourth-order valence-corrected chi connectivity index (χ4v) is 7.75. The number of nitrogens with one attached hydrogen (secondary N) is 2. The van der Waals surface area contributed by atoms with E-state index in [4.69, 9.17) is 19.5 Å². The Kier molecular flexibility index (Phi) is 7.41. The number of aliphatic hydroxyl groups is 2. The van der Waals surface area contributed by atoms with Gasteiger partial charge in [0, 0.05) is 0 Å². The van der Waals surface area contributed by atoms with E-state index in [0.717, 1.165) is 29.0 Å². The second-order valence-electron chi connectivity index (χ2n) is 9.43. The van der Waals surface area contributed by atoms with Crippen molar-refractivity contribution in [3.8, 4) is 0 Å². The number of hydrogen-bond acceptors (Lipinski definition) is 14. The second kappa shape index (κ2) is 10.7. The molecule has 0 amide bonds. The van der Waals surface area contributed by atoms with Gasteiger partial charge in [-0.25, -0.2) is 28.3 Å². The molecule has 4 aromatic heterocycles. The number of aliphatic hydroxyl groups excluding tert-OH is 2. The van der Waals surface area contributed by atoms with Gasteiger partial charge >= 0.3 is 6.80 Å². The molecule has 6 heterocycles. The van der Waals surface area contributed by atoms with Gasteiger partial charge in [-0.05, 0) is 0 Å². The third-order valence-corrected chi connectivity index (χ3v) is 10.0. The number of nitrogens with zero attached hydrogens (tertiary/aromatic N) is 6. The summed E-state index contributed by atoms with van der Waals surface area (Å²) < 4.78 is 62.8. The number of alkyl halides is 2. The number of H-pyrrole nitrogens is 2. The molecule has 2 saturated heterocycles. The summed E-state index contributed by atoms with van der Waals surface area (Å²) >= 11 is 4.84. The first-order chi connectivity index (χ1) is 19.9. The van der Waals surface area contributed by atoms with Crippen molar-refractivity contribution in [1.82, 2.24) is 39.0 Å². The van der Waals surface area contributed by atoms with Crippen LogP contribution in [0.25, 0.3) is 22.3 Å². The molecular weight excluding hydrogens is 627 g/mol. The van der Waals surface area contributed by atoms with Gasteiger partial charge in [-0.1, -0.05) is 12.2 Å². The van der Waals surface area contributed by atoms with Crippen molar-refractivity contribution >= 4 is 59.1 Å². The summed E-state index contributed by atoms with van der Waals surface area (Å²) in [6.07, 6.45) is -3.50. The lowest BCUT2D eigenvalue weighted by Gasteiger charge is -2.27. The van der Waals surface area contributed by atoms with E-state index >= 15 is 8.78 Å². The predicted octanol–water partition coefficient (Wildman–Crippen LogP) is -0.399. The number of hydrogen-bond donors (Lipinski definition) is 6. The van der Waals surface area contributed by atoms with Crippen molar-refractivity contribution in [2.24, 2.45) is 0 Å². The Bertz CT molecular complexity index is 1820. The lowest BCUT2D eigenvalue weighted by Crippen LogP contribution is -2.43. The van der Waals surface area contributed by atoms with Gasteiger partial charge in [-0.2, -0.15) is 4.98 Å². The SMILES string of the molecule is Nc1nc2c(ncn2[C@@H]2S[C@H](CO)[C@@H](F)[C@H]2O[P@](=O)(S)OC[C@H]2OCC(F)(n3cnc4c(=O)[nH]cnc43)[C@@H]2O)c(=O)[nH]1. The molecule has 4 aromatic rings. The number of nitrogens with two attached hydrogens (primary N) is 1. The monoisotopic (exact) mass is 649 g/mol. The van der Waals surface area contributed by atoms with Gasteiger partial charge in [0.1, 0.15) is 42.8 Å². The summed E-state index contributed by atoms with van der Waals surface area (Å²) in [6, 6.07) is 0. The van der Waals surface area contributed by atoms with Crippen LogP contribution in [0.1, 0.15) is 5.37 Å². The van der Waals surface area contributed by atoms with Crippen molar-refractivity contribution in [2.45, 2.75) is 40.9 Å².